The third-order valence-corrected chi connectivity index (χ3v) is 2.46. The van der Waals surface area contributed by atoms with E-state index in [0.29, 0.717) is 5.11 Å². The van der Waals surface area contributed by atoms with E-state index >= 15 is 0 Å². The standard InChI is InChI=1S/C10H13N3S/c1-13-5-7-2-3-9(12-10(11)14)4-8(7)6-13/h2-4H,5-6H2,1H3,(H3,11,12,14). The summed E-state index contributed by atoms with van der Waals surface area (Å²) in [7, 11) is 2.11. The highest BCUT2D eigenvalue weighted by Crippen LogP contribution is 2.24. The summed E-state index contributed by atoms with van der Waals surface area (Å²) in [6, 6.07) is 6.24. The number of rotatable bonds is 1. The van der Waals surface area contributed by atoms with E-state index in [1.807, 2.05) is 6.07 Å². The van der Waals surface area contributed by atoms with E-state index in [-0.39, 0.29) is 0 Å². The Morgan fingerprint density at radius 3 is 2.86 bits per heavy atom. The fourth-order valence-corrected chi connectivity index (χ4v) is 1.90. The van der Waals surface area contributed by atoms with Crippen LogP contribution in [0.3, 0.4) is 0 Å². The molecule has 0 bridgehead atoms. The second kappa shape index (κ2) is 3.55. The Morgan fingerprint density at radius 1 is 1.43 bits per heavy atom. The Kier molecular flexibility index (Phi) is 2.39. The molecule has 0 unspecified atom stereocenters. The lowest BCUT2D eigenvalue weighted by atomic mass is 10.1. The minimum Gasteiger partial charge on any atom is -0.376 e. The summed E-state index contributed by atoms with van der Waals surface area (Å²) in [5, 5.41) is 3.26. The summed E-state index contributed by atoms with van der Waals surface area (Å²) in [5.41, 5.74) is 9.13. The van der Waals surface area contributed by atoms with Gasteiger partial charge in [-0.2, -0.15) is 0 Å². The molecule has 1 aromatic carbocycles. The Bertz CT molecular complexity index is 376. The van der Waals surface area contributed by atoms with Crippen LogP contribution in [0, 0.1) is 0 Å². The van der Waals surface area contributed by atoms with E-state index in [1.54, 1.807) is 0 Å². The molecule has 1 heterocycles. The van der Waals surface area contributed by atoms with Crippen LogP contribution in [0.15, 0.2) is 18.2 Å². The molecule has 4 heteroatoms. The molecular weight excluding hydrogens is 194 g/mol. The van der Waals surface area contributed by atoms with Crippen molar-refractivity contribution in [3.05, 3.63) is 29.3 Å². The highest BCUT2D eigenvalue weighted by molar-refractivity contribution is 7.80. The molecule has 0 atom stereocenters. The van der Waals surface area contributed by atoms with Crippen LogP contribution < -0.4 is 11.1 Å². The average Bonchev–Trinajstić information content (AvgIpc) is 2.42. The van der Waals surface area contributed by atoms with Crippen molar-refractivity contribution >= 4 is 23.0 Å². The first-order valence-electron chi connectivity index (χ1n) is 4.52. The molecule has 0 spiro atoms. The van der Waals surface area contributed by atoms with Gasteiger partial charge < -0.3 is 11.1 Å². The first-order chi connectivity index (χ1) is 6.65. The van der Waals surface area contributed by atoms with Crippen LogP contribution in [0.4, 0.5) is 5.69 Å². The number of thiocarbonyl (C=S) groups is 1. The number of nitrogens with two attached hydrogens (primary N) is 1. The van der Waals surface area contributed by atoms with Crippen LogP contribution in [-0.2, 0) is 13.1 Å². The second-order valence-electron chi connectivity index (χ2n) is 3.65. The third-order valence-electron chi connectivity index (χ3n) is 2.35. The Labute approximate surface area is 88.9 Å². The predicted molar refractivity (Wildman–Crippen MR) is 62.0 cm³/mol. The van der Waals surface area contributed by atoms with Gasteiger partial charge in [0.05, 0.1) is 0 Å². The van der Waals surface area contributed by atoms with Crippen LogP contribution in [0.1, 0.15) is 11.1 Å². The molecule has 0 saturated heterocycles. The first-order valence-corrected chi connectivity index (χ1v) is 4.93. The van der Waals surface area contributed by atoms with E-state index in [2.05, 4.69) is 29.4 Å². The van der Waals surface area contributed by atoms with Gasteiger partial charge in [-0.3, -0.25) is 4.90 Å². The van der Waals surface area contributed by atoms with Crippen LogP contribution in [0.5, 0.6) is 0 Å². The number of fused-ring (bicyclic) bond motifs is 1. The lowest BCUT2D eigenvalue weighted by molar-refractivity contribution is 0.353. The third kappa shape index (κ3) is 1.86. The van der Waals surface area contributed by atoms with E-state index in [0.717, 1.165) is 18.8 Å². The zero-order valence-corrected chi connectivity index (χ0v) is 8.90. The lowest BCUT2D eigenvalue weighted by Gasteiger charge is -2.05. The van der Waals surface area contributed by atoms with Gasteiger partial charge >= 0.3 is 0 Å². The molecule has 0 amide bonds. The predicted octanol–water partition coefficient (Wildman–Crippen LogP) is 1.29. The van der Waals surface area contributed by atoms with Crippen molar-refractivity contribution in [3.8, 4) is 0 Å². The van der Waals surface area contributed by atoms with Crippen molar-refractivity contribution in [3.63, 3.8) is 0 Å². The molecule has 0 radical (unpaired) electrons. The maximum atomic E-state index is 5.41. The SMILES string of the molecule is CN1Cc2ccc(NC(N)=S)cc2C1. The van der Waals surface area contributed by atoms with Crippen LogP contribution in [0.25, 0.3) is 0 Å². The van der Waals surface area contributed by atoms with Crippen LogP contribution in [0.2, 0.25) is 0 Å². The van der Waals surface area contributed by atoms with E-state index in [1.165, 1.54) is 11.1 Å². The van der Waals surface area contributed by atoms with Crippen molar-refractivity contribution in [2.24, 2.45) is 5.73 Å². The molecule has 1 aromatic rings. The lowest BCUT2D eigenvalue weighted by Crippen LogP contribution is -2.18. The van der Waals surface area contributed by atoms with Crippen molar-refractivity contribution in [1.82, 2.24) is 4.90 Å². The van der Waals surface area contributed by atoms with Gasteiger partial charge in [0.15, 0.2) is 5.11 Å². The Morgan fingerprint density at radius 2 is 2.14 bits per heavy atom. The van der Waals surface area contributed by atoms with Gasteiger partial charge in [-0.15, -0.1) is 0 Å². The zero-order chi connectivity index (χ0) is 10.1. The van der Waals surface area contributed by atoms with Gasteiger partial charge in [0.2, 0.25) is 0 Å². The van der Waals surface area contributed by atoms with Gasteiger partial charge in [0, 0.05) is 18.8 Å². The molecule has 1 aliphatic rings. The molecule has 3 nitrogen and oxygen atoms in total. The molecule has 0 aliphatic carbocycles. The summed E-state index contributed by atoms with van der Waals surface area (Å²) >= 11 is 4.78. The highest BCUT2D eigenvalue weighted by atomic mass is 32.1. The molecule has 2 rings (SSSR count). The molecule has 0 saturated carbocycles. The topological polar surface area (TPSA) is 41.3 Å². The van der Waals surface area contributed by atoms with Gasteiger partial charge in [-0.05, 0) is 42.5 Å². The zero-order valence-electron chi connectivity index (χ0n) is 8.08. The maximum absolute atomic E-state index is 5.41. The number of hydrogen-bond donors (Lipinski definition) is 2. The normalized spacial score (nSPS) is 15.2. The molecular formula is C10H13N3S. The maximum Gasteiger partial charge on any atom is 0.168 e. The fourth-order valence-electron chi connectivity index (χ4n) is 1.78. The van der Waals surface area contributed by atoms with Crippen LogP contribution in [-0.4, -0.2) is 17.1 Å². The van der Waals surface area contributed by atoms with E-state index in [9.17, 15) is 0 Å². The van der Waals surface area contributed by atoms with E-state index < -0.39 is 0 Å². The highest BCUT2D eigenvalue weighted by Gasteiger charge is 2.15. The minimum atomic E-state index is 0.316. The number of nitrogens with one attached hydrogen (secondary N) is 1. The molecule has 74 valence electrons. The second-order valence-corrected chi connectivity index (χ2v) is 4.08. The Balaban J connectivity index is 2.24. The first kappa shape index (κ1) is 9.43. The minimum absolute atomic E-state index is 0.316. The Hall–Kier alpha value is -1.13. The monoisotopic (exact) mass is 207 g/mol. The van der Waals surface area contributed by atoms with Gasteiger partial charge in [0.25, 0.3) is 0 Å². The number of benzene rings is 1. The van der Waals surface area contributed by atoms with Gasteiger partial charge in [-0.25, -0.2) is 0 Å². The number of nitrogens with zero attached hydrogens (tertiary/aromatic N) is 1. The fraction of sp³-hybridized carbons (Fsp3) is 0.300. The van der Waals surface area contributed by atoms with Gasteiger partial charge in [0.1, 0.15) is 0 Å². The summed E-state index contributed by atoms with van der Waals surface area (Å²) in [6.07, 6.45) is 0. The smallest absolute Gasteiger partial charge is 0.168 e. The summed E-state index contributed by atoms with van der Waals surface area (Å²) in [6.45, 7) is 2.03. The summed E-state index contributed by atoms with van der Waals surface area (Å²) < 4.78 is 0. The average molecular weight is 207 g/mol. The molecule has 0 aromatic heterocycles. The number of anilines is 1. The molecule has 1 aliphatic heterocycles. The van der Waals surface area contributed by atoms with Crippen LogP contribution >= 0.6 is 12.2 Å². The quantitative estimate of drug-likeness (QED) is 0.681. The van der Waals surface area contributed by atoms with Crippen molar-refractivity contribution < 1.29 is 0 Å². The molecule has 0 fully saturated rings. The van der Waals surface area contributed by atoms with Gasteiger partial charge in [-0.1, -0.05) is 6.07 Å². The largest absolute Gasteiger partial charge is 0.376 e. The van der Waals surface area contributed by atoms with Crippen molar-refractivity contribution in [2.45, 2.75) is 13.1 Å². The van der Waals surface area contributed by atoms with E-state index in [4.69, 9.17) is 18.0 Å². The number of hydrogen-bond acceptors (Lipinski definition) is 2. The summed E-state index contributed by atoms with van der Waals surface area (Å²) in [4.78, 5) is 2.27. The van der Waals surface area contributed by atoms with Crippen molar-refractivity contribution in [2.75, 3.05) is 12.4 Å². The summed E-state index contributed by atoms with van der Waals surface area (Å²) in [5.74, 6) is 0. The van der Waals surface area contributed by atoms with Crippen molar-refractivity contribution in [1.29, 1.82) is 0 Å². The molecule has 14 heavy (non-hydrogen) atoms. The molecule has 3 N–H and O–H groups in total.